The van der Waals surface area contributed by atoms with Crippen LogP contribution in [0.2, 0.25) is 0 Å². The van der Waals surface area contributed by atoms with Crippen LogP contribution in [-0.4, -0.2) is 14.1 Å². The molecular weight excluding hydrogens is 446 g/mol. The largest absolute Gasteiger partial charge is 0.294 e. The van der Waals surface area contributed by atoms with Crippen LogP contribution in [0.5, 0.6) is 0 Å². The van der Waals surface area contributed by atoms with Gasteiger partial charge in [-0.25, -0.2) is 4.98 Å². The second-order valence-corrected chi connectivity index (χ2v) is 8.77. The summed E-state index contributed by atoms with van der Waals surface area (Å²) < 4.78 is 4.00. The molecule has 0 fully saturated rings. The smallest absolute Gasteiger partial charge is 0.198 e. The lowest BCUT2D eigenvalue weighted by molar-refractivity contribution is 1.09. The normalized spacial score (nSPS) is 11.6. The van der Waals surface area contributed by atoms with E-state index in [9.17, 15) is 9.59 Å². The molecule has 0 amide bonds. The molecule has 7 rings (SSSR count). The van der Waals surface area contributed by atoms with Crippen LogP contribution < -0.4 is 10.9 Å². The van der Waals surface area contributed by atoms with Crippen LogP contribution in [0.15, 0.2) is 125 Å². The number of fused-ring (bicyclic) bond motifs is 4. The number of para-hydroxylation sites is 4. The molecule has 3 heterocycles. The summed E-state index contributed by atoms with van der Waals surface area (Å²) in [6, 6.07) is 36.5. The molecule has 0 unspecified atom stereocenters. The molecule has 0 saturated carbocycles. The highest BCUT2D eigenvalue weighted by Gasteiger charge is 2.19. The lowest BCUT2D eigenvalue weighted by Gasteiger charge is -2.18. The van der Waals surface area contributed by atoms with Gasteiger partial charge in [-0.05, 0) is 54.6 Å². The Morgan fingerprint density at radius 1 is 0.444 bits per heavy atom. The molecule has 0 spiro atoms. The van der Waals surface area contributed by atoms with Gasteiger partial charge in [-0.2, -0.15) is 0 Å². The molecule has 0 atom stereocenters. The van der Waals surface area contributed by atoms with Gasteiger partial charge in [-0.1, -0.05) is 60.7 Å². The van der Waals surface area contributed by atoms with Crippen molar-refractivity contribution in [1.29, 1.82) is 0 Å². The van der Waals surface area contributed by atoms with Crippen LogP contribution in [0.25, 0.3) is 55.2 Å². The Morgan fingerprint density at radius 2 is 0.833 bits per heavy atom. The fourth-order valence-electron chi connectivity index (χ4n) is 5.09. The lowest BCUT2D eigenvalue weighted by Crippen LogP contribution is -2.16. The van der Waals surface area contributed by atoms with Gasteiger partial charge in [0.05, 0.1) is 21.8 Å². The Kier molecular flexibility index (Phi) is 4.38. The fourth-order valence-corrected chi connectivity index (χ4v) is 5.09. The molecule has 0 N–H and O–H groups in total. The number of pyridine rings is 3. The lowest BCUT2D eigenvalue weighted by atomic mass is 10.1. The first-order chi connectivity index (χ1) is 17.7. The molecule has 0 radical (unpaired) electrons. The third kappa shape index (κ3) is 2.86. The number of aromatic nitrogens is 3. The van der Waals surface area contributed by atoms with E-state index in [-0.39, 0.29) is 10.9 Å². The molecule has 36 heavy (non-hydrogen) atoms. The standard InChI is InChI=1S/C31H19N3O2/c35-28-22-15-7-9-17-26(22)33(20-11-3-1-4-12-20)30-24(28)19-25-29(36)23-16-8-10-18-27(23)34(31(25)32-30)21-13-5-2-6-14-21/h1-19H. The van der Waals surface area contributed by atoms with E-state index in [2.05, 4.69) is 0 Å². The zero-order chi connectivity index (χ0) is 24.2. The summed E-state index contributed by atoms with van der Waals surface area (Å²) in [6.07, 6.45) is 0. The summed E-state index contributed by atoms with van der Waals surface area (Å²) >= 11 is 0. The number of hydrogen-bond acceptors (Lipinski definition) is 3. The van der Waals surface area contributed by atoms with Crippen LogP contribution in [0.3, 0.4) is 0 Å². The molecular formula is C31H19N3O2. The summed E-state index contributed by atoms with van der Waals surface area (Å²) in [6.45, 7) is 0. The second-order valence-electron chi connectivity index (χ2n) is 8.77. The Labute approximate surface area is 205 Å². The number of nitrogens with zero attached hydrogens (tertiary/aromatic N) is 3. The number of hydrogen-bond donors (Lipinski definition) is 0. The van der Waals surface area contributed by atoms with Crippen molar-refractivity contribution < 1.29 is 0 Å². The van der Waals surface area contributed by atoms with Crippen molar-refractivity contribution in [1.82, 2.24) is 14.1 Å². The fraction of sp³-hybridized carbons (Fsp3) is 0. The van der Waals surface area contributed by atoms with E-state index in [1.807, 2.05) is 118 Å². The summed E-state index contributed by atoms with van der Waals surface area (Å²) in [5.41, 5.74) is 4.06. The minimum atomic E-state index is -0.138. The van der Waals surface area contributed by atoms with E-state index >= 15 is 0 Å². The van der Waals surface area contributed by atoms with Crippen LogP contribution in [-0.2, 0) is 0 Å². The number of benzene rings is 4. The highest BCUT2D eigenvalue weighted by molar-refractivity contribution is 6.01. The Bertz CT molecular complexity index is 1930. The first kappa shape index (κ1) is 20.4. The van der Waals surface area contributed by atoms with E-state index in [1.165, 1.54) is 0 Å². The predicted molar refractivity (Wildman–Crippen MR) is 145 cm³/mol. The highest BCUT2D eigenvalue weighted by Crippen LogP contribution is 2.28. The molecule has 5 heteroatoms. The number of rotatable bonds is 2. The Hall–Kier alpha value is -5.03. The van der Waals surface area contributed by atoms with Gasteiger partial charge < -0.3 is 0 Å². The zero-order valence-corrected chi connectivity index (χ0v) is 19.1. The minimum Gasteiger partial charge on any atom is -0.294 e. The van der Waals surface area contributed by atoms with Gasteiger partial charge in [0.25, 0.3) is 0 Å². The topological polar surface area (TPSA) is 56.9 Å². The van der Waals surface area contributed by atoms with Gasteiger partial charge in [-0.15, -0.1) is 0 Å². The van der Waals surface area contributed by atoms with E-state index in [1.54, 1.807) is 6.07 Å². The SMILES string of the molecule is O=c1c2ccccc2n(-c2ccccc2)c2nc3c(cc12)c(=O)c1ccccc1n3-c1ccccc1. The molecule has 0 saturated heterocycles. The van der Waals surface area contributed by atoms with Gasteiger partial charge in [0, 0.05) is 22.1 Å². The molecule has 0 aliphatic carbocycles. The first-order valence-corrected chi connectivity index (χ1v) is 11.8. The van der Waals surface area contributed by atoms with Gasteiger partial charge in [0.1, 0.15) is 0 Å². The van der Waals surface area contributed by atoms with Crippen molar-refractivity contribution in [2.45, 2.75) is 0 Å². The van der Waals surface area contributed by atoms with E-state index in [4.69, 9.17) is 4.98 Å². The summed E-state index contributed by atoms with van der Waals surface area (Å²) in [5.74, 6) is 0. The molecule has 4 aromatic carbocycles. The summed E-state index contributed by atoms with van der Waals surface area (Å²) in [5, 5.41) is 1.99. The van der Waals surface area contributed by atoms with Gasteiger partial charge in [0.2, 0.25) is 0 Å². The quantitative estimate of drug-likeness (QED) is 0.295. The maximum Gasteiger partial charge on any atom is 0.198 e. The van der Waals surface area contributed by atoms with Crippen molar-refractivity contribution in [3.63, 3.8) is 0 Å². The average Bonchev–Trinajstić information content (AvgIpc) is 2.94. The van der Waals surface area contributed by atoms with Crippen molar-refractivity contribution in [3.05, 3.63) is 136 Å². The van der Waals surface area contributed by atoms with Crippen molar-refractivity contribution in [2.24, 2.45) is 0 Å². The van der Waals surface area contributed by atoms with Crippen LogP contribution in [0.1, 0.15) is 0 Å². The molecule has 3 aromatic heterocycles. The first-order valence-electron chi connectivity index (χ1n) is 11.8. The van der Waals surface area contributed by atoms with Gasteiger partial charge in [0.15, 0.2) is 22.2 Å². The van der Waals surface area contributed by atoms with Crippen molar-refractivity contribution in [3.8, 4) is 11.4 Å². The predicted octanol–water partition coefficient (Wildman–Crippen LogP) is 6.00. The van der Waals surface area contributed by atoms with Crippen LogP contribution >= 0.6 is 0 Å². The molecule has 0 aliphatic heterocycles. The van der Waals surface area contributed by atoms with E-state index in [0.29, 0.717) is 32.8 Å². The maximum absolute atomic E-state index is 13.7. The third-order valence-corrected chi connectivity index (χ3v) is 6.70. The molecule has 7 aromatic rings. The van der Waals surface area contributed by atoms with Gasteiger partial charge >= 0.3 is 0 Å². The van der Waals surface area contributed by atoms with Gasteiger partial charge in [-0.3, -0.25) is 18.7 Å². The van der Waals surface area contributed by atoms with E-state index in [0.717, 1.165) is 22.4 Å². The third-order valence-electron chi connectivity index (χ3n) is 6.70. The highest BCUT2D eigenvalue weighted by atomic mass is 16.1. The maximum atomic E-state index is 13.7. The summed E-state index contributed by atoms with van der Waals surface area (Å²) in [4.78, 5) is 32.4. The average molecular weight is 466 g/mol. The minimum absolute atomic E-state index is 0.138. The van der Waals surface area contributed by atoms with Crippen molar-refractivity contribution in [2.75, 3.05) is 0 Å². The van der Waals surface area contributed by atoms with Crippen LogP contribution in [0, 0.1) is 0 Å². The Balaban J connectivity index is 1.78. The monoisotopic (exact) mass is 465 g/mol. The Morgan fingerprint density at radius 3 is 1.28 bits per heavy atom. The molecule has 0 aliphatic rings. The summed E-state index contributed by atoms with van der Waals surface area (Å²) in [7, 11) is 0. The zero-order valence-electron chi connectivity index (χ0n) is 19.1. The van der Waals surface area contributed by atoms with Crippen LogP contribution in [0.4, 0.5) is 0 Å². The second kappa shape index (κ2) is 7.75. The molecule has 170 valence electrons. The van der Waals surface area contributed by atoms with E-state index < -0.39 is 0 Å². The molecule has 0 bridgehead atoms. The molecule has 5 nitrogen and oxygen atoms in total. The van der Waals surface area contributed by atoms with Crippen molar-refractivity contribution >= 4 is 43.9 Å².